The first kappa shape index (κ1) is 10.1. The highest BCUT2D eigenvalue weighted by Gasteiger charge is 2.03. The number of rotatable bonds is 4. The molecule has 2 N–H and O–H groups in total. The molecule has 6 heteroatoms. The molecular weight excluding hydrogens is 214 g/mol. The molecule has 0 spiro atoms. The van der Waals surface area contributed by atoms with E-state index in [-0.39, 0.29) is 0 Å². The summed E-state index contributed by atoms with van der Waals surface area (Å²) in [5.41, 5.74) is 6.37. The van der Waals surface area contributed by atoms with Crippen LogP contribution >= 0.6 is 11.3 Å². The van der Waals surface area contributed by atoms with E-state index in [0.29, 0.717) is 24.2 Å². The first-order valence-corrected chi connectivity index (χ1v) is 5.26. The summed E-state index contributed by atoms with van der Waals surface area (Å²) in [6.45, 7) is 1.04. The number of thiazole rings is 1. The molecule has 0 aliphatic carbocycles. The molecule has 0 amide bonds. The highest BCUT2D eigenvalue weighted by molar-refractivity contribution is 7.21. The molecule has 2 rings (SSSR count). The number of aromatic nitrogens is 2. The summed E-state index contributed by atoms with van der Waals surface area (Å²) in [7, 11) is 1.63. The zero-order valence-electron chi connectivity index (χ0n) is 8.27. The summed E-state index contributed by atoms with van der Waals surface area (Å²) < 4.78 is 10.2. The molecule has 5 nitrogen and oxygen atoms in total. The van der Waals surface area contributed by atoms with E-state index < -0.39 is 0 Å². The van der Waals surface area contributed by atoms with E-state index in [1.807, 2.05) is 6.07 Å². The van der Waals surface area contributed by atoms with Gasteiger partial charge in [-0.25, -0.2) is 9.97 Å². The third kappa shape index (κ3) is 2.34. The lowest BCUT2D eigenvalue weighted by Crippen LogP contribution is -2.04. The number of fused-ring (bicyclic) bond motifs is 1. The number of ether oxygens (including phenoxy) is 2. The summed E-state index contributed by atoms with van der Waals surface area (Å²) in [5, 5.41) is 0.520. The SMILES string of the molecule is COCCOc1ccc2nc(N)sc2n1. The molecular formula is C9H11N3O2S. The lowest BCUT2D eigenvalue weighted by molar-refractivity contribution is 0.144. The smallest absolute Gasteiger partial charge is 0.214 e. The van der Waals surface area contributed by atoms with Gasteiger partial charge >= 0.3 is 0 Å². The van der Waals surface area contributed by atoms with Crippen molar-refractivity contribution in [1.82, 2.24) is 9.97 Å². The average molecular weight is 225 g/mol. The van der Waals surface area contributed by atoms with Crippen LogP contribution in [0.4, 0.5) is 5.13 Å². The van der Waals surface area contributed by atoms with Crippen LogP contribution < -0.4 is 10.5 Å². The van der Waals surface area contributed by atoms with Gasteiger partial charge in [0.1, 0.15) is 17.0 Å². The van der Waals surface area contributed by atoms with Gasteiger partial charge in [-0.3, -0.25) is 0 Å². The maximum absolute atomic E-state index is 5.57. The van der Waals surface area contributed by atoms with Crippen molar-refractivity contribution in [3.8, 4) is 5.88 Å². The molecule has 2 aromatic heterocycles. The van der Waals surface area contributed by atoms with Crippen LogP contribution in [0.15, 0.2) is 12.1 Å². The fourth-order valence-electron chi connectivity index (χ4n) is 1.13. The minimum absolute atomic E-state index is 0.489. The standard InChI is InChI=1S/C9H11N3O2S/c1-13-4-5-14-7-3-2-6-8(12-7)15-9(10)11-6/h2-3H,4-5H2,1H3,(H2,10,11). The fourth-order valence-corrected chi connectivity index (χ4v) is 1.82. The number of nitrogen functional groups attached to an aromatic ring is 1. The number of hydrogen-bond acceptors (Lipinski definition) is 6. The molecule has 0 saturated carbocycles. The molecule has 0 saturated heterocycles. The Hall–Kier alpha value is -1.40. The first-order chi connectivity index (χ1) is 7.29. The minimum atomic E-state index is 0.489. The number of nitrogens with two attached hydrogens (primary N) is 1. The zero-order valence-corrected chi connectivity index (χ0v) is 9.08. The molecule has 0 aromatic carbocycles. The Morgan fingerprint density at radius 1 is 1.33 bits per heavy atom. The van der Waals surface area contributed by atoms with Gasteiger partial charge in [0.2, 0.25) is 5.88 Å². The Labute approximate surface area is 90.9 Å². The van der Waals surface area contributed by atoms with Crippen LogP contribution in [-0.4, -0.2) is 30.3 Å². The van der Waals surface area contributed by atoms with E-state index in [1.54, 1.807) is 13.2 Å². The Morgan fingerprint density at radius 2 is 2.20 bits per heavy atom. The molecule has 0 bridgehead atoms. The van der Waals surface area contributed by atoms with Crippen molar-refractivity contribution >= 4 is 26.8 Å². The van der Waals surface area contributed by atoms with Crippen LogP contribution in [0.2, 0.25) is 0 Å². The van der Waals surface area contributed by atoms with E-state index in [2.05, 4.69) is 9.97 Å². The maximum atomic E-state index is 5.57. The quantitative estimate of drug-likeness (QED) is 0.794. The zero-order chi connectivity index (χ0) is 10.7. The van der Waals surface area contributed by atoms with Gasteiger partial charge in [-0.05, 0) is 6.07 Å². The van der Waals surface area contributed by atoms with Gasteiger partial charge in [0.15, 0.2) is 5.13 Å². The van der Waals surface area contributed by atoms with Crippen LogP contribution in [-0.2, 0) is 4.74 Å². The van der Waals surface area contributed by atoms with Gasteiger partial charge in [0.05, 0.1) is 6.61 Å². The molecule has 0 unspecified atom stereocenters. The second kappa shape index (κ2) is 4.41. The maximum Gasteiger partial charge on any atom is 0.214 e. The van der Waals surface area contributed by atoms with Gasteiger partial charge in [-0.15, -0.1) is 0 Å². The molecule has 0 radical (unpaired) electrons. The van der Waals surface area contributed by atoms with Gasteiger partial charge in [0, 0.05) is 13.2 Å². The van der Waals surface area contributed by atoms with Crippen molar-refractivity contribution in [3.63, 3.8) is 0 Å². The van der Waals surface area contributed by atoms with Crippen molar-refractivity contribution in [2.45, 2.75) is 0 Å². The van der Waals surface area contributed by atoms with Crippen molar-refractivity contribution in [3.05, 3.63) is 12.1 Å². The summed E-state index contributed by atoms with van der Waals surface area (Å²) in [6, 6.07) is 3.62. The molecule has 0 aliphatic rings. The van der Waals surface area contributed by atoms with E-state index >= 15 is 0 Å². The molecule has 0 fully saturated rings. The van der Waals surface area contributed by atoms with Crippen molar-refractivity contribution < 1.29 is 9.47 Å². The van der Waals surface area contributed by atoms with Crippen molar-refractivity contribution in [2.24, 2.45) is 0 Å². The van der Waals surface area contributed by atoms with Crippen LogP contribution in [0.3, 0.4) is 0 Å². The second-order valence-corrected chi connectivity index (χ2v) is 3.88. The normalized spacial score (nSPS) is 10.7. The van der Waals surface area contributed by atoms with Crippen LogP contribution in [0, 0.1) is 0 Å². The Morgan fingerprint density at radius 3 is 3.00 bits per heavy atom. The largest absolute Gasteiger partial charge is 0.475 e. The minimum Gasteiger partial charge on any atom is -0.475 e. The number of hydrogen-bond donors (Lipinski definition) is 1. The van der Waals surface area contributed by atoms with E-state index in [1.165, 1.54) is 11.3 Å². The van der Waals surface area contributed by atoms with Crippen LogP contribution in [0.25, 0.3) is 10.3 Å². The summed E-state index contributed by atoms with van der Waals surface area (Å²) in [5.74, 6) is 0.572. The molecule has 0 aliphatic heterocycles. The number of nitrogens with zero attached hydrogens (tertiary/aromatic N) is 2. The topological polar surface area (TPSA) is 70.3 Å². The lowest BCUT2D eigenvalue weighted by Gasteiger charge is -2.03. The Kier molecular flexibility index (Phi) is 2.98. The molecule has 2 aromatic rings. The van der Waals surface area contributed by atoms with E-state index in [9.17, 15) is 0 Å². The molecule has 2 heterocycles. The van der Waals surface area contributed by atoms with Crippen molar-refractivity contribution in [1.29, 1.82) is 0 Å². The first-order valence-electron chi connectivity index (χ1n) is 4.44. The monoisotopic (exact) mass is 225 g/mol. The second-order valence-electron chi connectivity index (χ2n) is 2.87. The summed E-state index contributed by atoms with van der Waals surface area (Å²) >= 11 is 1.35. The molecule has 80 valence electrons. The van der Waals surface area contributed by atoms with E-state index in [0.717, 1.165) is 10.3 Å². The predicted molar refractivity (Wildman–Crippen MR) is 59.2 cm³/mol. The van der Waals surface area contributed by atoms with Crippen LogP contribution in [0.1, 0.15) is 0 Å². The van der Waals surface area contributed by atoms with Gasteiger partial charge in [-0.2, -0.15) is 0 Å². The lowest BCUT2D eigenvalue weighted by atomic mass is 10.4. The predicted octanol–water partition coefficient (Wildman–Crippen LogP) is 1.30. The fraction of sp³-hybridized carbons (Fsp3) is 0.333. The number of pyridine rings is 1. The highest BCUT2D eigenvalue weighted by atomic mass is 32.1. The van der Waals surface area contributed by atoms with Gasteiger partial charge in [-0.1, -0.05) is 11.3 Å². The number of anilines is 1. The third-order valence-corrected chi connectivity index (χ3v) is 2.58. The Balaban J connectivity index is 2.15. The van der Waals surface area contributed by atoms with Crippen LogP contribution in [0.5, 0.6) is 5.88 Å². The van der Waals surface area contributed by atoms with Gasteiger partial charge < -0.3 is 15.2 Å². The number of methoxy groups -OCH3 is 1. The third-order valence-electron chi connectivity index (χ3n) is 1.78. The molecule has 0 atom stereocenters. The Bertz CT molecular complexity index is 458. The molecule has 15 heavy (non-hydrogen) atoms. The summed E-state index contributed by atoms with van der Waals surface area (Å²) in [4.78, 5) is 9.16. The average Bonchev–Trinajstić information content (AvgIpc) is 2.57. The van der Waals surface area contributed by atoms with E-state index in [4.69, 9.17) is 15.2 Å². The van der Waals surface area contributed by atoms with Crippen molar-refractivity contribution in [2.75, 3.05) is 26.1 Å². The highest BCUT2D eigenvalue weighted by Crippen LogP contribution is 2.23. The van der Waals surface area contributed by atoms with Gasteiger partial charge in [0.25, 0.3) is 0 Å². The summed E-state index contributed by atoms with van der Waals surface area (Å²) in [6.07, 6.45) is 0.